The molecule has 8 heteroatoms. The second-order valence-corrected chi connectivity index (χ2v) is 6.78. The highest BCUT2D eigenvalue weighted by Gasteiger charge is 2.44. The molecule has 0 radical (unpaired) electrons. The summed E-state index contributed by atoms with van der Waals surface area (Å²) < 4.78 is 83.4. The van der Waals surface area contributed by atoms with Crippen LogP contribution in [-0.4, -0.2) is 12.5 Å². The van der Waals surface area contributed by atoms with Gasteiger partial charge in [0.15, 0.2) is 0 Å². The normalized spacial score (nSPS) is 13.9. The van der Waals surface area contributed by atoms with Gasteiger partial charge in [-0.05, 0) is 47.4 Å². The lowest BCUT2D eigenvalue weighted by Crippen LogP contribution is -2.40. The average Bonchev–Trinajstić information content (AvgIpc) is 2.68. The average molecular weight is 425 g/mol. The summed E-state index contributed by atoms with van der Waals surface area (Å²) in [5, 5.41) is 0. The maximum Gasteiger partial charge on any atom is 0.461 e. The third kappa shape index (κ3) is 4.76. The number of nitrogens with two attached hydrogens (primary N) is 1. The van der Waals surface area contributed by atoms with Crippen LogP contribution in [-0.2, 0) is 12.0 Å². The van der Waals surface area contributed by atoms with Crippen molar-refractivity contribution in [2.24, 2.45) is 5.73 Å². The molecule has 0 bridgehead atoms. The Morgan fingerprint density at radius 2 is 1.43 bits per heavy atom. The van der Waals surface area contributed by atoms with Crippen LogP contribution in [0.5, 0.6) is 5.75 Å². The molecular weight excluding hydrogens is 408 g/mol. The highest BCUT2D eigenvalue weighted by molar-refractivity contribution is 5.44. The second-order valence-electron chi connectivity index (χ2n) is 6.78. The highest BCUT2D eigenvalue weighted by atomic mass is 19.3. The summed E-state index contributed by atoms with van der Waals surface area (Å²) in [5.74, 6) is -2.33. The van der Waals surface area contributed by atoms with Gasteiger partial charge in [0, 0.05) is 6.07 Å². The van der Waals surface area contributed by atoms with Gasteiger partial charge in [-0.3, -0.25) is 0 Å². The van der Waals surface area contributed by atoms with Crippen molar-refractivity contribution in [1.29, 1.82) is 0 Å². The minimum atomic E-state index is -4.81. The maximum absolute atomic E-state index is 14.2. The monoisotopic (exact) mass is 425 g/mol. The topological polar surface area (TPSA) is 35.2 Å². The molecule has 0 heterocycles. The molecule has 0 spiro atoms. The van der Waals surface area contributed by atoms with Crippen LogP contribution in [0.4, 0.5) is 26.3 Å². The first-order valence-electron chi connectivity index (χ1n) is 8.85. The van der Waals surface area contributed by atoms with E-state index >= 15 is 0 Å². The van der Waals surface area contributed by atoms with E-state index in [1.54, 1.807) is 30.3 Å². The fourth-order valence-electron chi connectivity index (χ4n) is 3.12. The third-order valence-corrected chi connectivity index (χ3v) is 4.58. The molecule has 0 amide bonds. The predicted octanol–water partition coefficient (Wildman–Crippen LogP) is 5.65. The fourth-order valence-corrected chi connectivity index (χ4v) is 3.12. The molecule has 2 nitrogen and oxygen atoms in total. The number of benzene rings is 3. The molecule has 0 aromatic heterocycles. The summed E-state index contributed by atoms with van der Waals surface area (Å²) in [7, 11) is 0. The Bertz CT molecular complexity index is 994. The summed E-state index contributed by atoms with van der Waals surface area (Å²) >= 11 is 0. The summed E-state index contributed by atoms with van der Waals surface area (Å²) in [5.41, 5.74) is 6.21. The molecule has 0 aliphatic heterocycles. The van der Waals surface area contributed by atoms with Gasteiger partial charge < -0.3 is 10.5 Å². The first kappa shape index (κ1) is 21.7. The quantitative estimate of drug-likeness (QED) is 0.497. The molecule has 30 heavy (non-hydrogen) atoms. The van der Waals surface area contributed by atoms with Gasteiger partial charge in [-0.25, -0.2) is 8.78 Å². The molecule has 158 valence electrons. The Labute approximate surface area is 168 Å². The van der Waals surface area contributed by atoms with Crippen LogP contribution in [0.2, 0.25) is 0 Å². The summed E-state index contributed by atoms with van der Waals surface area (Å²) in [6.07, 6.45) is -8.82. The molecule has 3 aromatic rings. The highest BCUT2D eigenvalue weighted by Crippen LogP contribution is 2.35. The number of hydrogen-bond acceptors (Lipinski definition) is 2. The zero-order valence-electron chi connectivity index (χ0n) is 15.5. The molecule has 3 aromatic carbocycles. The van der Waals surface area contributed by atoms with Crippen LogP contribution >= 0.6 is 0 Å². The van der Waals surface area contributed by atoms with Gasteiger partial charge in [0.25, 0.3) is 0 Å². The fraction of sp³-hybridized carbons (Fsp3) is 0.182. The van der Waals surface area contributed by atoms with Crippen molar-refractivity contribution in [2.75, 3.05) is 0 Å². The van der Waals surface area contributed by atoms with Crippen molar-refractivity contribution in [1.82, 2.24) is 0 Å². The van der Waals surface area contributed by atoms with Crippen LogP contribution in [0, 0.1) is 11.6 Å². The molecule has 1 atom stereocenters. The lowest BCUT2D eigenvalue weighted by Gasteiger charge is -2.32. The van der Waals surface area contributed by atoms with Crippen molar-refractivity contribution in [3.05, 3.63) is 101 Å². The Kier molecular flexibility index (Phi) is 6.07. The molecular formula is C22H17F6NO. The van der Waals surface area contributed by atoms with Crippen molar-refractivity contribution in [3.8, 4) is 5.75 Å². The number of rotatable bonds is 7. The van der Waals surface area contributed by atoms with Crippen LogP contribution in [0.15, 0.2) is 72.8 Å². The lowest BCUT2D eigenvalue weighted by atomic mass is 9.79. The SMILES string of the molecule is NC(Cc1ccccc1)(c1ccc(F)cc1)c1cc(F)cc(OC(F)(F)C(F)F)c1. The minimum Gasteiger partial charge on any atom is -0.428 e. The zero-order valence-corrected chi connectivity index (χ0v) is 15.5. The summed E-state index contributed by atoms with van der Waals surface area (Å²) in [6.45, 7) is 0. The molecule has 0 saturated heterocycles. The maximum atomic E-state index is 14.2. The van der Waals surface area contributed by atoms with E-state index in [1.807, 2.05) is 0 Å². The minimum absolute atomic E-state index is 0.00183. The van der Waals surface area contributed by atoms with Crippen molar-refractivity contribution in [3.63, 3.8) is 0 Å². The van der Waals surface area contributed by atoms with Gasteiger partial charge in [0.05, 0.1) is 5.54 Å². The van der Waals surface area contributed by atoms with Gasteiger partial charge in [0.1, 0.15) is 17.4 Å². The van der Waals surface area contributed by atoms with Gasteiger partial charge >= 0.3 is 12.5 Å². The van der Waals surface area contributed by atoms with E-state index in [2.05, 4.69) is 4.74 Å². The molecule has 0 saturated carbocycles. The van der Waals surface area contributed by atoms with Gasteiger partial charge in [-0.1, -0.05) is 42.5 Å². The first-order chi connectivity index (χ1) is 14.1. The number of halogens is 6. The predicted molar refractivity (Wildman–Crippen MR) is 99.5 cm³/mol. The Morgan fingerprint density at radius 1 is 0.800 bits per heavy atom. The zero-order chi connectivity index (χ0) is 21.9. The summed E-state index contributed by atoms with van der Waals surface area (Å²) in [4.78, 5) is 0. The smallest absolute Gasteiger partial charge is 0.428 e. The van der Waals surface area contributed by atoms with E-state index < -0.39 is 35.5 Å². The van der Waals surface area contributed by atoms with E-state index in [9.17, 15) is 26.3 Å². The van der Waals surface area contributed by atoms with Crippen LogP contribution < -0.4 is 10.5 Å². The van der Waals surface area contributed by atoms with Crippen molar-refractivity contribution >= 4 is 0 Å². The molecule has 3 rings (SSSR count). The van der Waals surface area contributed by atoms with E-state index in [4.69, 9.17) is 5.73 Å². The van der Waals surface area contributed by atoms with E-state index in [0.29, 0.717) is 11.6 Å². The molecule has 2 N–H and O–H groups in total. The van der Waals surface area contributed by atoms with Crippen LogP contribution in [0.3, 0.4) is 0 Å². The Balaban J connectivity index is 2.10. The number of hydrogen-bond donors (Lipinski definition) is 1. The standard InChI is InChI=1S/C22H17F6NO/c23-17-8-6-15(7-9-17)21(29,13-14-4-2-1-3-5-14)16-10-18(24)12-19(11-16)30-22(27,28)20(25)26/h1-12,20H,13,29H2. The Morgan fingerprint density at radius 3 is 2.03 bits per heavy atom. The Hall–Kier alpha value is -3.00. The van der Waals surface area contributed by atoms with Gasteiger partial charge in [-0.15, -0.1) is 0 Å². The van der Waals surface area contributed by atoms with Crippen molar-refractivity contribution in [2.45, 2.75) is 24.5 Å². The van der Waals surface area contributed by atoms with Crippen LogP contribution in [0.1, 0.15) is 16.7 Å². The first-order valence-corrected chi connectivity index (χ1v) is 8.85. The molecule has 1 unspecified atom stereocenters. The third-order valence-electron chi connectivity index (χ3n) is 4.58. The largest absolute Gasteiger partial charge is 0.461 e. The van der Waals surface area contributed by atoms with Crippen LogP contribution in [0.25, 0.3) is 0 Å². The van der Waals surface area contributed by atoms with Gasteiger partial charge in [-0.2, -0.15) is 17.6 Å². The molecule has 0 aliphatic rings. The number of ether oxygens (including phenoxy) is 1. The van der Waals surface area contributed by atoms with Gasteiger partial charge in [0.2, 0.25) is 0 Å². The molecule has 0 fully saturated rings. The van der Waals surface area contributed by atoms with E-state index in [-0.39, 0.29) is 12.0 Å². The lowest BCUT2D eigenvalue weighted by molar-refractivity contribution is -0.253. The van der Waals surface area contributed by atoms with E-state index in [1.165, 1.54) is 12.1 Å². The summed E-state index contributed by atoms with van der Waals surface area (Å²) in [6, 6.07) is 16.4. The number of alkyl halides is 4. The molecule has 0 aliphatic carbocycles. The van der Waals surface area contributed by atoms with E-state index in [0.717, 1.165) is 29.8 Å². The van der Waals surface area contributed by atoms with Crippen molar-refractivity contribution < 1.29 is 31.1 Å². The second kappa shape index (κ2) is 8.39.